The van der Waals surface area contributed by atoms with Gasteiger partial charge in [-0.3, -0.25) is 4.90 Å². The van der Waals surface area contributed by atoms with Crippen LogP contribution in [0.25, 0.3) is 0 Å². The first-order valence-electron chi connectivity index (χ1n) is 13.5. The van der Waals surface area contributed by atoms with Crippen LogP contribution < -0.4 is 18.7 Å². The number of carbonyl (C=O) groups is 1. The molecule has 37 heavy (non-hydrogen) atoms. The normalized spacial score (nSPS) is 25.8. The Labute approximate surface area is 217 Å². The quantitative estimate of drug-likeness (QED) is 0.468. The fourth-order valence-electron chi connectivity index (χ4n) is 6.91. The van der Waals surface area contributed by atoms with Crippen LogP contribution in [0.15, 0.2) is 60.7 Å². The highest BCUT2D eigenvalue weighted by Crippen LogP contribution is 2.57. The van der Waals surface area contributed by atoms with Gasteiger partial charge in [-0.1, -0.05) is 54.4 Å². The van der Waals surface area contributed by atoms with E-state index in [1.165, 1.54) is 30.4 Å². The molecule has 1 spiro atoms. The average Bonchev–Trinajstić information content (AvgIpc) is 3.59. The maximum Gasteiger partial charge on any atom is 0.338 e. The number of piperidine rings is 1. The molecule has 7 rings (SSSR count). The zero-order valence-electron chi connectivity index (χ0n) is 21.4. The van der Waals surface area contributed by atoms with E-state index in [0.717, 1.165) is 48.7 Å². The van der Waals surface area contributed by atoms with Crippen LogP contribution in [0, 0.1) is 6.92 Å². The largest absolute Gasteiger partial charge is 0.491 e. The van der Waals surface area contributed by atoms with Crippen LogP contribution in [0.1, 0.15) is 41.5 Å². The van der Waals surface area contributed by atoms with Crippen molar-refractivity contribution in [1.82, 2.24) is 9.38 Å². The Balaban J connectivity index is 1.38. The second-order valence-electron chi connectivity index (χ2n) is 11.0. The minimum Gasteiger partial charge on any atom is -0.491 e. The van der Waals surface area contributed by atoms with Crippen LogP contribution in [-0.2, 0) is 16.8 Å². The second-order valence-corrected chi connectivity index (χ2v) is 11.0. The van der Waals surface area contributed by atoms with E-state index in [0.29, 0.717) is 29.1 Å². The Morgan fingerprint density at radius 2 is 1.68 bits per heavy atom. The highest BCUT2D eigenvalue weighted by atomic mass is 16.7. The summed E-state index contributed by atoms with van der Waals surface area (Å²) in [6.07, 6.45) is 3.77. The molecule has 4 heterocycles. The van der Waals surface area contributed by atoms with Crippen molar-refractivity contribution in [2.45, 2.75) is 38.1 Å². The van der Waals surface area contributed by atoms with E-state index in [1.54, 1.807) is 0 Å². The third-order valence-corrected chi connectivity index (χ3v) is 8.74. The molecule has 3 aromatic carbocycles. The Morgan fingerprint density at radius 1 is 0.865 bits per heavy atom. The van der Waals surface area contributed by atoms with Crippen molar-refractivity contribution in [3.63, 3.8) is 0 Å². The SMILES string of the molecule is Cc1cccc(C[N+]2(CCN3CCCCC3)C(=O)C3(COc4cc5c(cc43)OCO5)c3ccccc32)c1. The number of quaternary nitrogens is 1. The van der Waals surface area contributed by atoms with E-state index in [2.05, 4.69) is 60.4 Å². The zero-order chi connectivity index (χ0) is 25.0. The molecule has 1 amide bonds. The molecule has 2 unspecified atom stereocenters. The number of nitrogens with zero attached hydrogens (tertiary/aromatic N) is 2. The molecule has 0 aromatic heterocycles. The van der Waals surface area contributed by atoms with Crippen LogP contribution >= 0.6 is 0 Å². The molecule has 0 aliphatic carbocycles. The van der Waals surface area contributed by atoms with Crippen molar-refractivity contribution >= 4 is 11.6 Å². The molecule has 0 radical (unpaired) electrons. The molecular weight excluding hydrogens is 464 g/mol. The number of hydrogen-bond acceptors (Lipinski definition) is 5. The van der Waals surface area contributed by atoms with E-state index in [1.807, 2.05) is 12.1 Å². The lowest BCUT2D eigenvalue weighted by Gasteiger charge is -2.36. The summed E-state index contributed by atoms with van der Waals surface area (Å²) >= 11 is 0. The smallest absolute Gasteiger partial charge is 0.338 e. The molecule has 6 nitrogen and oxygen atoms in total. The molecule has 4 aliphatic rings. The lowest BCUT2D eigenvalue weighted by molar-refractivity contribution is -0.134. The first kappa shape index (κ1) is 22.8. The Bertz CT molecular complexity index is 1380. The van der Waals surface area contributed by atoms with Crippen molar-refractivity contribution in [3.8, 4) is 17.2 Å². The Kier molecular flexibility index (Phi) is 5.31. The van der Waals surface area contributed by atoms with Gasteiger partial charge >= 0.3 is 5.91 Å². The van der Waals surface area contributed by atoms with Crippen molar-refractivity contribution in [2.24, 2.45) is 0 Å². The number of amides is 1. The highest BCUT2D eigenvalue weighted by Gasteiger charge is 2.66. The average molecular weight is 498 g/mol. The summed E-state index contributed by atoms with van der Waals surface area (Å²) in [6, 6.07) is 20.9. The fourth-order valence-corrected chi connectivity index (χ4v) is 6.91. The van der Waals surface area contributed by atoms with Crippen molar-refractivity contribution in [1.29, 1.82) is 0 Å². The molecule has 3 aromatic rings. The maximum absolute atomic E-state index is 15.1. The molecule has 4 aliphatic heterocycles. The van der Waals surface area contributed by atoms with Crippen molar-refractivity contribution < 1.29 is 19.0 Å². The van der Waals surface area contributed by atoms with Gasteiger partial charge in [-0.15, -0.1) is 0 Å². The summed E-state index contributed by atoms with van der Waals surface area (Å²) in [7, 11) is 0. The van der Waals surface area contributed by atoms with Gasteiger partial charge in [-0.25, -0.2) is 9.28 Å². The van der Waals surface area contributed by atoms with Crippen LogP contribution in [-0.4, -0.2) is 50.4 Å². The van der Waals surface area contributed by atoms with Gasteiger partial charge in [0.2, 0.25) is 6.79 Å². The van der Waals surface area contributed by atoms with Gasteiger partial charge in [-0.2, -0.15) is 0 Å². The first-order chi connectivity index (χ1) is 18.1. The number of carbonyl (C=O) groups excluding carboxylic acids is 1. The number of para-hydroxylation sites is 1. The molecule has 0 N–H and O–H groups in total. The van der Waals surface area contributed by atoms with Gasteiger partial charge in [0.05, 0.1) is 0 Å². The third kappa shape index (κ3) is 3.42. The molecular formula is C31H33N2O4+. The standard InChI is InChI=1S/C31H33N2O4/c1-22-8-7-9-23(16-22)19-33(15-14-32-12-5-2-6-13-32)26-11-4-3-10-24(26)31(30(33)34)20-35-27-18-29-28(17-25(27)31)36-21-37-29/h3-4,7-11,16-18H,2,5-6,12-15,19-21H2,1H3/q+1. The topological polar surface area (TPSA) is 48.0 Å². The van der Waals surface area contributed by atoms with E-state index in [-0.39, 0.29) is 12.7 Å². The number of hydrogen-bond donors (Lipinski definition) is 0. The minimum atomic E-state index is -0.862. The lowest BCUT2D eigenvalue weighted by atomic mass is 9.77. The summed E-state index contributed by atoms with van der Waals surface area (Å²) < 4.78 is 17.9. The number of benzene rings is 3. The summed E-state index contributed by atoms with van der Waals surface area (Å²) in [4.78, 5) is 17.7. The molecule has 1 fully saturated rings. The van der Waals surface area contributed by atoms with E-state index in [4.69, 9.17) is 14.2 Å². The number of likely N-dealkylation sites (tertiary alicyclic amines) is 1. The minimum absolute atomic E-state index is 0.193. The summed E-state index contributed by atoms with van der Waals surface area (Å²) in [5.74, 6) is 2.29. The predicted octanol–water partition coefficient (Wildman–Crippen LogP) is 4.94. The summed E-state index contributed by atoms with van der Waals surface area (Å²) in [5, 5.41) is 0. The third-order valence-electron chi connectivity index (χ3n) is 8.74. The van der Waals surface area contributed by atoms with Gasteiger partial charge < -0.3 is 14.2 Å². The number of fused-ring (bicyclic) bond motifs is 5. The van der Waals surface area contributed by atoms with Gasteiger partial charge in [-0.05, 0) is 45.0 Å². The van der Waals surface area contributed by atoms with Gasteiger partial charge in [0.1, 0.15) is 31.1 Å². The fraction of sp³-hybridized carbons (Fsp3) is 0.387. The second kappa shape index (κ2) is 8.61. The number of aryl methyl sites for hydroxylation is 1. The Hall–Kier alpha value is -3.35. The van der Waals surface area contributed by atoms with Crippen molar-refractivity contribution in [2.75, 3.05) is 39.6 Å². The van der Waals surface area contributed by atoms with Crippen LogP contribution in [0.3, 0.4) is 0 Å². The van der Waals surface area contributed by atoms with E-state index in [9.17, 15) is 0 Å². The molecule has 2 atom stereocenters. The number of ether oxygens (including phenoxy) is 3. The van der Waals surface area contributed by atoms with Crippen molar-refractivity contribution in [3.05, 3.63) is 82.9 Å². The number of rotatable bonds is 5. The molecule has 190 valence electrons. The van der Waals surface area contributed by atoms with Gasteiger partial charge in [0.25, 0.3) is 0 Å². The molecule has 0 saturated carbocycles. The van der Waals surface area contributed by atoms with Gasteiger partial charge in [0, 0.05) is 29.3 Å². The van der Waals surface area contributed by atoms with Crippen LogP contribution in [0.2, 0.25) is 0 Å². The Morgan fingerprint density at radius 3 is 2.51 bits per heavy atom. The summed E-state index contributed by atoms with van der Waals surface area (Å²) in [5.41, 5.74) is 4.59. The van der Waals surface area contributed by atoms with Crippen LogP contribution in [0.5, 0.6) is 17.2 Å². The van der Waals surface area contributed by atoms with E-state index < -0.39 is 5.41 Å². The predicted molar refractivity (Wildman–Crippen MR) is 142 cm³/mol. The lowest BCUT2D eigenvalue weighted by Crippen LogP contribution is -2.59. The highest BCUT2D eigenvalue weighted by molar-refractivity contribution is 6.08. The van der Waals surface area contributed by atoms with Crippen LogP contribution in [0.4, 0.5) is 5.69 Å². The van der Waals surface area contributed by atoms with Gasteiger partial charge in [0.15, 0.2) is 16.9 Å². The molecule has 1 saturated heterocycles. The first-order valence-corrected chi connectivity index (χ1v) is 13.5. The maximum atomic E-state index is 15.1. The van der Waals surface area contributed by atoms with E-state index >= 15 is 4.79 Å². The monoisotopic (exact) mass is 497 g/mol. The zero-order valence-corrected chi connectivity index (χ0v) is 21.4. The molecule has 0 bridgehead atoms. The summed E-state index contributed by atoms with van der Waals surface area (Å²) in [6.45, 7) is 7.11. The molecule has 6 heteroatoms.